The normalized spacial score (nSPS) is 18.4. The van der Waals surface area contributed by atoms with E-state index in [2.05, 4.69) is 18.5 Å². The van der Waals surface area contributed by atoms with Crippen LogP contribution in [0, 0.1) is 0 Å². The van der Waals surface area contributed by atoms with Crippen LogP contribution >= 0.6 is 8.25 Å². The number of rotatable bonds is 6. The maximum Gasteiger partial charge on any atom is 0.524 e. The van der Waals surface area contributed by atoms with Crippen LogP contribution in [0.4, 0.5) is 26.3 Å². The summed E-state index contributed by atoms with van der Waals surface area (Å²) in [7, 11) is -3.63. The van der Waals surface area contributed by atoms with Crippen molar-refractivity contribution in [2.45, 2.75) is 39.2 Å². The Morgan fingerprint density at radius 1 is 0.833 bits per heavy atom. The van der Waals surface area contributed by atoms with Gasteiger partial charge in [0.1, 0.15) is 0 Å². The molecule has 0 aromatic heterocycles. The average molecular weight is 306 g/mol. The molecule has 0 spiro atoms. The van der Waals surface area contributed by atoms with E-state index < -0.39 is 33.6 Å². The zero-order chi connectivity index (χ0) is 14.6. The van der Waals surface area contributed by atoms with Gasteiger partial charge in [0.25, 0.3) is 0 Å². The molecule has 0 amide bonds. The topological polar surface area (TPSA) is 54.0 Å². The first-order valence-electron chi connectivity index (χ1n) is 4.25. The van der Waals surface area contributed by atoms with E-state index in [9.17, 15) is 30.9 Å². The van der Waals surface area contributed by atoms with Gasteiger partial charge in [0.05, 0.1) is 0 Å². The molecule has 0 saturated carbocycles. The molecule has 0 bridgehead atoms. The lowest BCUT2D eigenvalue weighted by Gasteiger charge is -2.18. The maximum atomic E-state index is 11.6. The van der Waals surface area contributed by atoms with E-state index in [1.165, 1.54) is 0 Å². The first-order valence-corrected chi connectivity index (χ1v) is 5.48. The van der Waals surface area contributed by atoms with Crippen LogP contribution in [-0.4, -0.2) is 25.3 Å². The van der Waals surface area contributed by atoms with E-state index in [0.717, 1.165) is 13.8 Å². The van der Waals surface area contributed by atoms with E-state index in [-0.39, 0.29) is 0 Å². The summed E-state index contributed by atoms with van der Waals surface area (Å²) in [5.74, 6) is 0. The summed E-state index contributed by atoms with van der Waals surface area (Å²) in [5, 5.41) is 0. The van der Waals surface area contributed by atoms with Crippen molar-refractivity contribution in [3.63, 3.8) is 0 Å². The Morgan fingerprint density at radius 3 is 1.33 bits per heavy atom. The molecule has 0 aromatic rings. The van der Waals surface area contributed by atoms with Crippen LogP contribution in [-0.2, 0) is 23.1 Å². The van der Waals surface area contributed by atoms with Crippen molar-refractivity contribution in [3.8, 4) is 0 Å². The lowest BCUT2D eigenvalue weighted by Crippen LogP contribution is -2.24. The molecule has 0 fully saturated rings. The lowest BCUT2D eigenvalue weighted by atomic mass is 10.8. The molecule has 0 aliphatic carbocycles. The Labute approximate surface area is 97.9 Å². The highest BCUT2D eigenvalue weighted by atomic mass is 31.1. The van der Waals surface area contributed by atoms with Gasteiger partial charge in [-0.25, -0.2) is 0 Å². The van der Waals surface area contributed by atoms with Gasteiger partial charge in [0.15, 0.2) is 12.6 Å². The van der Waals surface area contributed by atoms with E-state index >= 15 is 0 Å². The molecule has 5 nitrogen and oxygen atoms in total. The summed E-state index contributed by atoms with van der Waals surface area (Å²) >= 11 is 0. The molecule has 0 aromatic carbocycles. The van der Waals surface area contributed by atoms with E-state index in [0.29, 0.717) is 0 Å². The van der Waals surface area contributed by atoms with Crippen LogP contribution in [0.15, 0.2) is 0 Å². The van der Waals surface area contributed by atoms with Crippen molar-refractivity contribution in [1.29, 1.82) is 0 Å². The van der Waals surface area contributed by atoms with Crippen molar-refractivity contribution in [1.82, 2.24) is 0 Å². The summed E-state index contributed by atoms with van der Waals surface area (Å²) in [4.78, 5) is 0. The molecule has 12 heteroatoms. The highest BCUT2D eigenvalue weighted by Gasteiger charge is 2.35. The summed E-state index contributed by atoms with van der Waals surface area (Å²) in [6, 6.07) is 0. The molecule has 2 atom stereocenters. The third-order valence-corrected chi connectivity index (χ3v) is 2.17. The van der Waals surface area contributed by atoms with Gasteiger partial charge in [0, 0.05) is 0 Å². The summed E-state index contributed by atoms with van der Waals surface area (Å²) in [6.45, 7) is 1.49. The number of halogens is 6. The van der Waals surface area contributed by atoms with E-state index in [1.54, 1.807) is 0 Å². The largest absolute Gasteiger partial charge is 0.524 e. The number of hydrogen-bond donors (Lipinski definition) is 0. The maximum absolute atomic E-state index is 11.6. The van der Waals surface area contributed by atoms with Gasteiger partial charge in [-0.3, -0.25) is 23.1 Å². The fraction of sp³-hybridized carbons (Fsp3) is 1.00. The first kappa shape index (κ1) is 17.6. The zero-order valence-corrected chi connectivity index (χ0v) is 9.96. The van der Waals surface area contributed by atoms with Crippen LogP contribution in [0.3, 0.4) is 0 Å². The van der Waals surface area contributed by atoms with Crippen molar-refractivity contribution < 1.29 is 49.4 Å². The minimum atomic E-state index is -5.03. The van der Waals surface area contributed by atoms with Crippen LogP contribution in [0.25, 0.3) is 0 Å². The molecule has 18 heavy (non-hydrogen) atoms. The molecular formula is C6H9F6O5P. The van der Waals surface area contributed by atoms with Gasteiger partial charge in [-0.2, -0.15) is 0 Å². The third kappa shape index (κ3) is 10.8. The smallest absolute Gasteiger partial charge is 0.280 e. The number of ether oxygens (including phenoxy) is 2. The molecule has 0 N–H and O–H groups in total. The minimum Gasteiger partial charge on any atom is -0.280 e. The Balaban J connectivity index is 4.04. The SMILES string of the molecule is CC(O[PH](=O)OC(C)OC(F)(F)F)OC(F)(F)F. The highest BCUT2D eigenvalue weighted by molar-refractivity contribution is 7.33. The second kappa shape index (κ2) is 6.71. The molecule has 0 aliphatic heterocycles. The van der Waals surface area contributed by atoms with Crippen molar-refractivity contribution in [2.24, 2.45) is 0 Å². The lowest BCUT2D eigenvalue weighted by molar-refractivity contribution is -0.369. The molecule has 0 saturated heterocycles. The Kier molecular flexibility index (Phi) is 6.58. The zero-order valence-electron chi connectivity index (χ0n) is 8.96. The Hall–Kier alpha value is -0.350. The van der Waals surface area contributed by atoms with Crippen molar-refractivity contribution in [3.05, 3.63) is 0 Å². The quantitative estimate of drug-likeness (QED) is 0.428. The monoisotopic (exact) mass is 306 g/mol. The summed E-state index contributed by atoms with van der Waals surface area (Å²) < 4.78 is 95.3. The second-order valence-electron chi connectivity index (χ2n) is 2.75. The molecule has 0 rings (SSSR count). The van der Waals surface area contributed by atoms with Gasteiger partial charge in [-0.15, -0.1) is 26.3 Å². The van der Waals surface area contributed by atoms with Gasteiger partial charge in [-0.1, -0.05) is 0 Å². The third-order valence-electron chi connectivity index (χ3n) is 1.12. The fourth-order valence-electron chi connectivity index (χ4n) is 0.723. The van der Waals surface area contributed by atoms with Gasteiger partial charge >= 0.3 is 21.0 Å². The number of alkyl halides is 6. The number of hydrogen-bond acceptors (Lipinski definition) is 5. The fourth-order valence-corrected chi connectivity index (χ4v) is 1.42. The van der Waals surface area contributed by atoms with Crippen LogP contribution < -0.4 is 0 Å². The van der Waals surface area contributed by atoms with Crippen molar-refractivity contribution >= 4 is 8.25 Å². The molecular weight excluding hydrogens is 297 g/mol. The molecule has 0 heterocycles. The summed E-state index contributed by atoms with van der Waals surface area (Å²) in [5.41, 5.74) is 0. The Morgan fingerprint density at radius 2 is 1.11 bits per heavy atom. The molecule has 0 aliphatic rings. The van der Waals surface area contributed by atoms with E-state index in [4.69, 9.17) is 0 Å². The van der Waals surface area contributed by atoms with Crippen molar-refractivity contribution in [2.75, 3.05) is 0 Å². The minimum absolute atomic E-state index is 0.745. The second-order valence-corrected chi connectivity index (χ2v) is 3.72. The first-order chi connectivity index (χ1) is 7.89. The van der Waals surface area contributed by atoms with Gasteiger partial charge in [-0.05, 0) is 13.8 Å². The molecule has 110 valence electrons. The van der Waals surface area contributed by atoms with Crippen LogP contribution in [0.1, 0.15) is 13.8 Å². The predicted octanol–water partition coefficient (Wildman–Crippen LogP) is 3.17. The highest BCUT2D eigenvalue weighted by Crippen LogP contribution is 2.32. The van der Waals surface area contributed by atoms with Crippen LogP contribution in [0.2, 0.25) is 0 Å². The van der Waals surface area contributed by atoms with E-state index in [1.807, 2.05) is 0 Å². The van der Waals surface area contributed by atoms with Gasteiger partial charge < -0.3 is 0 Å². The molecule has 2 unspecified atom stereocenters. The molecule has 0 radical (unpaired) electrons. The Bertz CT molecular complexity index is 253. The predicted molar refractivity (Wildman–Crippen MR) is 44.4 cm³/mol. The van der Waals surface area contributed by atoms with Crippen LogP contribution in [0.5, 0.6) is 0 Å². The standard InChI is InChI=1S/C6H9F6O5P/c1-3(14-5(7,8)9)16-18(13)17-4(2)15-6(10,11)12/h3-4,18H,1-2H3. The average Bonchev–Trinajstić information content (AvgIpc) is 1.92. The summed E-state index contributed by atoms with van der Waals surface area (Å²) in [6.07, 6.45) is -14.0. The van der Waals surface area contributed by atoms with Gasteiger partial charge in [0.2, 0.25) is 0 Å².